The van der Waals surface area contributed by atoms with Crippen molar-refractivity contribution in [1.29, 1.82) is 0 Å². The standard InChI is InChI=1S/C9H16N2O/c10-6-8(9(11)12)7-4-2-1-3-5-7/h4,8H,1-3,5-6,10H2,(H2,11,12). The van der Waals surface area contributed by atoms with Crippen LogP contribution in [0.25, 0.3) is 0 Å². The lowest BCUT2D eigenvalue weighted by atomic mass is 9.89. The molecule has 0 bridgehead atoms. The number of primary amides is 1. The van der Waals surface area contributed by atoms with Crippen molar-refractivity contribution in [3.05, 3.63) is 11.6 Å². The van der Waals surface area contributed by atoms with E-state index in [2.05, 4.69) is 6.08 Å². The van der Waals surface area contributed by atoms with Gasteiger partial charge < -0.3 is 11.5 Å². The monoisotopic (exact) mass is 168 g/mol. The lowest BCUT2D eigenvalue weighted by Crippen LogP contribution is -2.31. The average Bonchev–Trinajstić information content (AvgIpc) is 2.07. The summed E-state index contributed by atoms with van der Waals surface area (Å²) in [6, 6.07) is 0. The van der Waals surface area contributed by atoms with Gasteiger partial charge in [0.1, 0.15) is 0 Å². The van der Waals surface area contributed by atoms with E-state index in [1.165, 1.54) is 6.42 Å². The Hall–Kier alpha value is -0.830. The van der Waals surface area contributed by atoms with Crippen LogP contribution in [-0.4, -0.2) is 12.5 Å². The molecule has 0 spiro atoms. The Labute approximate surface area is 72.8 Å². The summed E-state index contributed by atoms with van der Waals surface area (Å²) in [4.78, 5) is 10.9. The first-order chi connectivity index (χ1) is 5.75. The number of hydrogen-bond acceptors (Lipinski definition) is 2. The maximum atomic E-state index is 10.9. The molecule has 1 atom stereocenters. The number of hydrogen-bond donors (Lipinski definition) is 2. The zero-order valence-electron chi connectivity index (χ0n) is 7.25. The van der Waals surface area contributed by atoms with Gasteiger partial charge in [0.05, 0.1) is 5.92 Å². The van der Waals surface area contributed by atoms with Crippen LogP contribution < -0.4 is 11.5 Å². The summed E-state index contributed by atoms with van der Waals surface area (Å²) in [5.41, 5.74) is 11.8. The van der Waals surface area contributed by atoms with E-state index in [4.69, 9.17) is 11.5 Å². The minimum absolute atomic E-state index is 0.217. The molecule has 12 heavy (non-hydrogen) atoms. The molecule has 0 aliphatic heterocycles. The van der Waals surface area contributed by atoms with Crippen LogP contribution >= 0.6 is 0 Å². The molecule has 0 fully saturated rings. The van der Waals surface area contributed by atoms with E-state index in [9.17, 15) is 4.79 Å². The van der Waals surface area contributed by atoms with Crippen molar-refractivity contribution in [2.75, 3.05) is 6.54 Å². The van der Waals surface area contributed by atoms with Crippen LogP contribution in [0.15, 0.2) is 11.6 Å². The highest BCUT2D eigenvalue weighted by molar-refractivity contribution is 5.80. The first-order valence-electron chi connectivity index (χ1n) is 4.44. The SMILES string of the molecule is NCC(C(N)=O)C1=CCCCC1. The van der Waals surface area contributed by atoms with Gasteiger partial charge in [-0.3, -0.25) is 4.79 Å². The minimum atomic E-state index is -0.286. The summed E-state index contributed by atoms with van der Waals surface area (Å²) in [5, 5.41) is 0. The van der Waals surface area contributed by atoms with E-state index >= 15 is 0 Å². The van der Waals surface area contributed by atoms with Gasteiger partial charge in [0.15, 0.2) is 0 Å². The molecule has 0 aromatic carbocycles. The van der Waals surface area contributed by atoms with Gasteiger partial charge in [0.2, 0.25) is 5.91 Å². The fourth-order valence-electron chi connectivity index (χ4n) is 1.63. The van der Waals surface area contributed by atoms with E-state index in [1.807, 2.05) is 0 Å². The van der Waals surface area contributed by atoms with Crippen molar-refractivity contribution < 1.29 is 4.79 Å². The van der Waals surface area contributed by atoms with Gasteiger partial charge in [-0.15, -0.1) is 0 Å². The Kier molecular flexibility index (Phi) is 3.29. The van der Waals surface area contributed by atoms with Crippen molar-refractivity contribution in [3.63, 3.8) is 0 Å². The summed E-state index contributed by atoms with van der Waals surface area (Å²) < 4.78 is 0. The molecule has 1 amide bonds. The molecular formula is C9H16N2O. The maximum Gasteiger partial charge on any atom is 0.225 e. The van der Waals surface area contributed by atoms with Gasteiger partial charge in [0.25, 0.3) is 0 Å². The molecule has 1 aliphatic rings. The largest absolute Gasteiger partial charge is 0.369 e. The Morgan fingerprint density at radius 1 is 1.58 bits per heavy atom. The topological polar surface area (TPSA) is 69.1 Å². The Morgan fingerprint density at radius 2 is 2.33 bits per heavy atom. The van der Waals surface area contributed by atoms with Gasteiger partial charge >= 0.3 is 0 Å². The highest BCUT2D eigenvalue weighted by atomic mass is 16.1. The third-order valence-corrected chi connectivity index (χ3v) is 2.35. The van der Waals surface area contributed by atoms with Crippen LogP contribution in [0.2, 0.25) is 0 Å². The molecule has 0 radical (unpaired) electrons. The number of allylic oxidation sites excluding steroid dienone is 1. The van der Waals surface area contributed by atoms with Crippen molar-refractivity contribution in [2.45, 2.75) is 25.7 Å². The van der Waals surface area contributed by atoms with Crippen LogP contribution in [0.4, 0.5) is 0 Å². The number of rotatable bonds is 3. The summed E-state index contributed by atoms with van der Waals surface area (Å²) in [5.74, 6) is -0.504. The Morgan fingerprint density at radius 3 is 2.75 bits per heavy atom. The van der Waals surface area contributed by atoms with Gasteiger partial charge in [0, 0.05) is 6.54 Å². The molecule has 0 saturated heterocycles. The highest BCUT2D eigenvalue weighted by Crippen LogP contribution is 2.23. The second-order valence-corrected chi connectivity index (χ2v) is 3.22. The van der Waals surface area contributed by atoms with Crippen molar-refractivity contribution in [1.82, 2.24) is 0 Å². The van der Waals surface area contributed by atoms with E-state index in [0.29, 0.717) is 6.54 Å². The second-order valence-electron chi connectivity index (χ2n) is 3.22. The van der Waals surface area contributed by atoms with Gasteiger partial charge in [-0.2, -0.15) is 0 Å². The van der Waals surface area contributed by atoms with Crippen LogP contribution in [0.3, 0.4) is 0 Å². The van der Waals surface area contributed by atoms with Gasteiger partial charge in [-0.1, -0.05) is 11.6 Å². The molecule has 0 saturated carbocycles. The Balaban J connectivity index is 2.64. The summed E-state index contributed by atoms with van der Waals surface area (Å²) in [6.07, 6.45) is 6.56. The lowest BCUT2D eigenvalue weighted by Gasteiger charge is -2.18. The molecule has 1 unspecified atom stereocenters. The molecule has 4 N–H and O–H groups in total. The van der Waals surface area contributed by atoms with E-state index < -0.39 is 0 Å². The zero-order valence-corrected chi connectivity index (χ0v) is 7.25. The molecule has 68 valence electrons. The Bertz CT molecular complexity index is 199. The quantitative estimate of drug-likeness (QED) is 0.604. The lowest BCUT2D eigenvalue weighted by molar-refractivity contribution is -0.120. The van der Waals surface area contributed by atoms with Gasteiger partial charge in [-0.25, -0.2) is 0 Å². The van der Waals surface area contributed by atoms with Gasteiger partial charge in [-0.05, 0) is 25.7 Å². The summed E-state index contributed by atoms with van der Waals surface area (Å²) in [6.45, 7) is 0.348. The number of nitrogens with two attached hydrogens (primary N) is 2. The first-order valence-corrected chi connectivity index (χ1v) is 4.44. The molecule has 0 heterocycles. The number of carbonyl (C=O) groups excluding carboxylic acids is 1. The fraction of sp³-hybridized carbons (Fsp3) is 0.667. The van der Waals surface area contributed by atoms with Crippen molar-refractivity contribution in [3.8, 4) is 0 Å². The highest BCUT2D eigenvalue weighted by Gasteiger charge is 2.19. The maximum absolute atomic E-state index is 10.9. The fourth-order valence-corrected chi connectivity index (χ4v) is 1.63. The summed E-state index contributed by atoms with van der Waals surface area (Å²) >= 11 is 0. The van der Waals surface area contributed by atoms with Crippen LogP contribution in [0, 0.1) is 5.92 Å². The smallest absolute Gasteiger partial charge is 0.225 e. The average molecular weight is 168 g/mol. The van der Waals surface area contributed by atoms with E-state index in [1.54, 1.807) is 0 Å². The molecule has 3 nitrogen and oxygen atoms in total. The predicted molar refractivity (Wildman–Crippen MR) is 48.3 cm³/mol. The normalized spacial score (nSPS) is 19.9. The molecule has 1 rings (SSSR count). The van der Waals surface area contributed by atoms with Crippen LogP contribution in [-0.2, 0) is 4.79 Å². The van der Waals surface area contributed by atoms with Crippen molar-refractivity contribution in [2.24, 2.45) is 17.4 Å². The van der Waals surface area contributed by atoms with Crippen LogP contribution in [0.1, 0.15) is 25.7 Å². The zero-order chi connectivity index (χ0) is 8.97. The van der Waals surface area contributed by atoms with E-state index in [0.717, 1.165) is 24.8 Å². The molecular weight excluding hydrogens is 152 g/mol. The number of carbonyl (C=O) groups is 1. The molecule has 1 aliphatic carbocycles. The summed E-state index contributed by atoms with van der Waals surface area (Å²) in [7, 11) is 0. The van der Waals surface area contributed by atoms with Crippen LogP contribution in [0.5, 0.6) is 0 Å². The molecule has 0 aromatic heterocycles. The molecule has 3 heteroatoms. The van der Waals surface area contributed by atoms with E-state index in [-0.39, 0.29) is 11.8 Å². The number of amides is 1. The first kappa shape index (κ1) is 9.26. The predicted octanol–water partition coefficient (Wildman–Crippen LogP) is 0.547. The van der Waals surface area contributed by atoms with Crippen molar-refractivity contribution >= 4 is 5.91 Å². The molecule has 0 aromatic rings. The minimum Gasteiger partial charge on any atom is -0.369 e. The third-order valence-electron chi connectivity index (χ3n) is 2.35. The second kappa shape index (κ2) is 4.26. The third kappa shape index (κ3) is 2.08.